The first-order valence-electron chi connectivity index (χ1n) is 11.2. The van der Waals surface area contributed by atoms with Gasteiger partial charge in [-0.3, -0.25) is 4.79 Å². The topological polar surface area (TPSA) is 64.8 Å². The second-order valence-corrected chi connectivity index (χ2v) is 8.17. The largest absolute Gasteiger partial charge is 0.493 e. The van der Waals surface area contributed by atoms with Crippen molar-refractivity contribution in [1.82, 2.24) is 9.99 Å². The number of carbonyl (C=O) groups is 1. The molecule has 0 aliphatic carbocycles. The lowest BCUT2D eigenvalue weighted by Gasteiger charge is -2.13. The van der Waals surface area contributed by atoms with Crippen LogP contribution in [0.3, 0.4) is 0 Å². The van der Waals surface area contributed by atoms with Crippen LogP contribution in [0, 0.1) is 6.92 Å². The second kappa shape index (κ2) is 10.9. The van der Waals surface area contributed by atoms with E-state index in [0.29, 0.717) is 34.3 Å². The summed E-state index contributed by atoms with van der Waals surface area (Å²) in [6, 6.07) is 25.2. The number of hydrazone groups is 1. The van der Waals surface area contributed by atoms with Crippen molar-refractivity contribution in [2.75, 3.05) is 13.7 Å². The summed E-state index contributed by atoms with van der Waals surface area (Å²) in [4.78, 5) is 12.6. The summed E-state index contributed by atoms with van der Waals surface area (Å²) < 4.78 is 13.0. The zero-order valence-corrected chi connectivity index (χ0v) is 20.5. The molecule has 0 radical (unpaired) electrons. The Morgan fingerprint density at radius 1 is 1.03 bits per heavy atom. The van der Waals surface area contributed by atoms with Gasteiger partial charge in [-0.05, 0) is 61.9 Å². The zero-order chi connectivity index (χ0) is 24.8. The lowest BCUT2D eigenvalue weighted by molar-refractivity contribution is 0.0955. The van der Waals surface area contributed by atoms with Crippen LogP contribution in [0.1, 0.15) is 28.5 Å². The van der Waals surface area contributed by atoms with E-state index in [4.69, 9.17) is 21.1 Å². The molecular weight excluding hydrogens is 462 g/mol. The Kier molecular flexibility index (Phi) is 7.53. The Balaban J connectivity index is 1.49. The van der Waals surface area contributed by atoms with Crippen molar-refractivity contribution in [3.63, 3.8) is 0 Å². The van der Waals surface area contributed by atoms with Gasteiger partial charge in [0.05, 0.1) is 30.6 Å². The average Bonchev–Trinajstić information content (AvgIpc) is 3.27. The number of halogens is 1. The van der Waals surface area contributed by atoms with Gasteiger partial charge in [-0.1, -0.05) is 41.9 Å². The highest BCUT2D eigenvalue weighted by molar-refractivity contribution is 6.33. The minimum absolute atomic E-state index is 0.325. The van der Waals surface area contributed by atoms with Gasteiger partial charge < -0.3 is 14.0 Å². The highest BCUT2D eigenvalue weighted by atomic mass is 35.5. The van der Waals surface area contributed by atoms with Crippen molar-refractivity contribution < 1.29 is 14.3 Å². The van der Waals surface area contributed by atoms with Crippen LogP contribution < -0.4 is 14.9 Å². The standard InChI is InChI=1S/C28H26ClN3O3/c1-4-35-27-17-24(29)22(16-26(27)34-3)18-30-31-28(33)21-11-13-23(14-12-21)32-19(2)10-15-25(32)20-8-6-5-7-9-20/h5-18H,4H2,1-3H3,(H,31,33)/b30-18+. The number of carbonyl (C=O) groups excluding carboxylic acids is 1. The fourth-order valence-corrected chi connectivity index (χ4v) is 3.98. The van der Waals surface area contributed by atoms with E-state index in [1.807, 2.05) is 37.3 Å². The Labute approximate surface area is 209 Å². The summed E-state index contributed by atoms with van der Waals surface area (Å²) in [5, 5.41) is 4.50. The summed E-state index contributed by atoms with van der Waals surface area (Å²) in [7, 11) is 1.55. The van der Waals surface area contributed by atoms with Crippen LogP contribution in [-0.4, -0.2) is 30.4 Å². The number of methoxy groups -OCH3 is 1. The highest BCUT2D eigenvalue weighted by Crippen LogP contribution is 2.32. The van der Waals surface area contributed by atoms with Gasteiger partial charge in [-0.2, -0.15) is 5.10 Å². The molecule has 0 saturated carbocycles. The minimum atomic E-state index is -0.325. The predicted molar refractivity (Wildman–Crippen MR) is 140 cm³/mol. The van der Waals surface area contributed by atoms with Gasteiger partial charge in [0.2, 0.25) is 0 Å². The number of hydrogen-bond donors (Lipinski definition) is 1. The number of amides is 1. The van der Waals surface area contributed by atoms with Crippen LogP contribution in [0.2, 0.25) is 5.02 Å². The van der Waals surface area contributed by atoms with Crippen molar-refractivity contribution in [2.24, 2.45) is 5.10 Å². The van der Waals surface area contributed by atoms with Crippen LogP contribution in [0.4, 0.5) is 0 Å². The molecule has 0 aliphatic rings. The van der Waals surface area contributed by atoms with Gasteiger partial charge in [0.25, 0.3) is 5.91 Å². The summed E-state index contributed by atoms with van der Waals surface area (Å²) in [5.74, 6) is 0.763. The molecule has 6 nitrogen and oxygen atoms in total. The lowest BCUT2D eigenvalue weighted by atomic mass is 10.1. The molecule has 0 bridgehead atoms. The summed E-state index contributed by atoms with van der Waals surface area (Å²) in [6.07, 6.45) is 1.47. The molecule has 1 aromatic heterocycles. The van der Waals surface area contributed by atoms with Gasteiger partial charge in [-0.25, -0.2) is 5.43 Å². The molecule has 4 rings (SSSR count). The van der Waals surface area contributed by atoms with Gasteiger partial charge >= 0.3 is 0 Å². The Bertz CT molecular complexity index is 1350. The average molecular weight is 488 g/mol. The smallest absolute Gasteiger partial charge is 0.271 e. The molecule has 0 fully saturated rings. The molecule has 178 valence electrons. The molecule has 1 amide bonds. The minimum Gasteiger partial charge on any atom is -0.493 e. The molecule has 0 atom stereocenters. The monoisotopic (exact) mass is 487 g/mol. The van der Waals surface area contributed by atoms with Crippen molar-refractivity contribution in [3.8, 4) is 28.4 Å². The molecular formula is C28H26ClN3O3. The zero-order valence-electron chi connectivity index (χ0n) is 19.8. The summed E-state index contributed by atoms with van der Waals surface area (Å²) in [5.41, 5.74) is 7.93. The quantitative estimate of drug-likeness (QED) is 0.235. The maximum absolute atomic E-state index is 12.6. The molecule has 1 N–H and O–H groups in total. The third kappa shape index (κ3) is 5.39. The second-order valence-electron chi connectivity index (χ2n) is 7.76. The van der Waals surface area contributed by atoms with E-state index in [0.717, 1.165) is 22.6 Å². The fourth-order valence-electron chi connectivity index (χ4n) is 3.78. The SMILES string of the molecule is CCOc1cc(Cl)c(/C=N/NC(=O)c2ccc(-n3c(C)ccc3-c3ccccc3)cc2)cc1OC. The van der Waals surface area contributed by atoms with Crippen molar-refractivity contribution in [2.45, 2.75) is 13.8 Å². The van der Waals surface area contributed by atoms with E-state index in [1.165, 1.54) is 6.21 Å². The lowest BCUT2D eigenvalue weighted by Crippen LogP contribution is -2.17. The normalized spacial score (nSPS) is 11.0. The number of rotatable bonds is 8. The van der Waals surface area contributed by atoms with Gasteiger partial charge in [-0.15, -0.1) is 0 Å². The van der Waals surface area contributed by atoms with Gasteiger partial charge in [0.1, 0.15) is 0 Å². The first kappa shape index (κ1) is 24.1. The number of nitrogens with one attached hydrogen (secondary N) is 1. The van der Waals surface area contributed by atoms with Crippen LogP contribution >= 0.6 is 11.6 Å². The highest BCUT2D eigenvalue weighted by Gasteiger charge is 2.12. The van der Waals surface area contributed by atoms with E-state index in [-0.39, 0.29) is 5.91 Å². The van der Waals surface area contributed by atoms with E-state index in [2.05, 4.69) is 46.3 Å². The van der Waals surface area contributed by atoms with E-state index >= 15 is 0 Å². The maximum atomic E-state index is 12.6. The van der Waals surface area contributed by atoms with E-state index < -0.39 is 0 Å². The van der Waals surface area contributed by atoms with E-state index in [9.17, 15) is 4.79 Å². The number of benzene rings is 3. The van der Waals surface area contributed by atoms with Crippen LogP contribution in [0.5, 0.6) is 11.5 Å². The molecule has 4 aromatic rings. The summed E-state index contributed by atoms with van der Waals surface area (Å²) in [6.45, 7) is 4.43. The number of ether oxygens (including phenoxy) is 2. The Morgan fingerprint density at radius 2 is 1.77 bits per heavy atom. The van der Waals surface area contributed by atoms with Crippen molar-refractivity contribution in [1.29, 1.82) is 0 Å². The first-order chi connectivity index (χ1) is 17.0. The molecule has 3 aromatic carbocycles. The van der Waals surface area contributed by atoms with Gasteiger partial charge in [0, 0.05) is 28.6 Å². The molecule has 35 heavy (non-hydrogen) atoms. The van der Waals surface area contributed by atoms with Crippen LogP contribution in [-0.2, 0) is 0 Å². The van der Waals surface area contributed by atoms with E-state index in [1.54, 1.807) is 31.4 Å². The Hall–Kier alpha value is -4.03. The van der Waals surface area contributed by atoms with Crippen molar-refractivity contribution in [3.05, 3.63) is 101 Å². The molecule has 0 spiro atoms. The van der Waals surface area contributed by atoms with Crippen molar-refractivity contribution >= 4 is 23.7 Å². The van der Waals surface area contributed by atoms with Gasteiger partial charge in [0.15, 0.2) is 11.5 Å². The van der Waals surface area contributed by atoms with Crippen LogP contribution in [0.25, 0.3) is 16.9 Å². The maximum Gasteiger partial charge on any atom is 0.271 e. The number of aromatic nitrogens is 1. The number of hydrogen-bond acceptors (Lipinski definition) is 4. The fraction of sp³-hybridized carbons (Fsp3) is 0.143. The molecule has 0 saturated heterocycles. The molecule has 1 heterocycles. The third-order valence-corrected chi connectivity index (χ3v) is 5.81. The molecule has 7 heteroatoms. The molecule has 0 aliphatic heterocycles. The summed E-state index contributed by atoms with van der Waals surface area (Å²) >= 11 is 6.32. The first-order valence-corrected chi connectivity index (χ1v) is 11.6. The Morgan fingerprint density at radius 3 is 2.46 bits per heavy atom. The molecule has 0 unspecified atom stereocenters. The third-order valence-electron chi connectivity index (χ3n) is 5.49. The number of nitrogens with zero attached hydrogens (tertiary/aromatic N) is 2. The predicted octanol–water partition coefficient (Wildman–Crippen LogP) is 6.28. The number of aryl methyl sites for hydroxylation is 1. The van der Waals surface area contributed by atoms with Crippen LogP contribution in [0.15, 0.2) is 84.0 Å².